The first-order chi connectivity index (χ1) is 9.28. The Bertz CT molecular complexity index is 515. The summed E-state index contributed by atoms with van der Waals surface area (Å²) in [5.41, 5.74) is -0.322. The minimum absolute atomic E-state index is 0.234. The molecule has 110 valence electrons. The predicted octanol–water partition coefficient (Wildman–Crippen LogP) is 1.93. The van der Waals surface area contributed by atoms with Crippen molar-refractivity contribution in [3.05, 3.63) is 17.5 Å². The van der Waals surface area contributed by atoms with E-state index in [-0.39, 0.29) is 17.6 Å². The molecule has 2 heterocycles. The number of hydrogen-bond acceptors (Lipinski definition) is 5. The van der Waals surface area contributed by atoms with Crippen molar-refractivity contribution in [3.63, 3.8) is 0 Å². The minimum atomic E-state index is -0.557. The van der Waals surface area contributed by atoms with Gasteiger partial charge in [-0.3, -0.25) is 4.79 Å². The Morgan fingerprint density at radius 1 is 1.45 bits per heavy atom. The molecule has 0 aromatic carbocycles. The van der Waals surface area contributed by atoms with Gasteiger partial charge in [-0.25, -0.2) is 4.79 Å². The molecule has 0 unspecified atom stereocenters. The monoisotopic (exact) mass is 280 g/mol. The van der Waals surface area contributed by atoms with Gasteiger partial charge in [0.15, 0.2) is 5.69 Å². The van der Waals surface area contributed by atoms with E-state index in [1.54, 1.807) is 13.0 Å². The number of likely N-dealkylation sites (tertiary alicyclic amines) is 1. The molecule has 0 aliphatic carbocycles. The number of hydrogen-bond donors (Lipinski definition) is 0. The van der Waals surface area contributed by atoms with Crippen molar-refractivity contribution in [2.75, 3.05) is 6.54 Å². The van der Waals surface area contributed by atoms with E-state index in [2.05, 4.69) is 5.16 Å². The first-order valence-electron chi connectivity index (χ1n) is 6.75. The zero-order chi connectivity index (χ0) is 14.9. The maximum absolute atomic E-state index is 12.3. The number of esters is 1. The molecule has 6 heteroatoms. The highest BCUT2D eigenvalue weighted by Gasteiger charge is 2.38. The summed E-state index contributed by atoms with van der Waals surface area (Å²) in [5, 5.41) is 3.71. The summed E-state index contributed by atoms with van der Waals surface area (Å²) in [4.78, 5) is 26.0. The van der Waals surface area contributed by atoms with Crippen LogP contribution in [0.1, 0.15) is 49.9 Å². The molecular weight excluding hydrogens is 260 g/mol. The van der Waals surface area contributed by atoms with Crippen molar-refractivity contribution in [1.82, 2.24) is 10.1 Å². The van der Waals surface area contributed by atoms with Crippen molar-refractivity contribution in [2.24, 2.45) is 0 Å². The molecular formula is C14H20N2O4. The molecule has 2 rings (SSSR count). The van der Waals surface area contributed by atoms with E-state index in [4.69, 9.17) is 9.26 Å². The third-order valence-corrected chi connectivity index (χ3v) is 3.04. The second kappa shape index (κ2) is 5.26. The first-order valence-corrected chi connectivity index (χ1v) is 6.75. The highest BCUT2D eigenvalue weighted by molar-refractivity contribution is 5.95. The van der Waals surface area contributed by atoms with Crippen LogP contribution < -0.4 is 0 Å². The summed E-state index contributed by atoms with van der Waals surface area (Å²) in [6, 6.07) is 1.05. The molecule has 1 aliphatic rings. The van der Waals surface area contributed by atoms with Gasteiger partial charge in [0, 0.05) is 12.6 Å². The number of aromatic nitrogens is 1. The Morgan fingerprint density at radius 3 is 2.70 bits per heavy atom. The number of nitrogens with zero attached hydrogens (tertiary/aromatic N) is 2. The van der Waals surface area contributed by atoms with Gasteiger partial charge in [0.2, 0.25) is 0 Å². The van der Waals surface area contributed by atoms with Gasteiger partial charge >= 0.3 is 5.97 Å². The average Bonchev–Trinajstić information content (AvgIpc) is 2.93. The van der Waals surface area contributed by atoms with Crippen LogP contribution in [0.15, 0.2) is 10.6 Å². The Labute approximate surface area is 118 Å². The van der Waals surface area contributed by atoms with Crippen LogP contribution in [0.5, 0.6) is 0 Å². The second-order valence-corrected chi connectivity index (χ2v) is 6.01. The lowest BCUT2D eigenvalue weighted by atomic mass is 10.1. The number of carbonyl (C=O) groups excluding carboxylic acids is 2. The predicted molar refractivity (Wildman–Crippen MR) is 71.1 cm³/mol. The van der Waals surface area contributed by atoms with E-state index < -0.39 is 11.6 Å². The number of carbonyl (C=O) groups is 2. The summed E-state index contributed by atoms with van der Waals surface area (Å²) in [6.45, 7) is 7.70. The van der Waals surface area contributed by atoms with Gasteiger partial charge in [0.1, 0.15) is 17.4 Å². The van der Waals surface area contributed by atoms with Gasteiger partial charge in [-0.05, 0) is 40.5 Å². The summed E-state index contributed by atoms with van der Waals surface area (Å²) >= 11 is 0. The van der Waals surface area contributed by atoms with E-state index in [0.717, 1.165) is 6.42 Å². The fraction of sp³-hybridized carbons (Fsp3) is 0.643. The van der Waals surface area contributed by atoms with Gasteiger partial charge in [-0.15, -0.1) is 0 Å². The third-order valence-electron chi connectivity index (χ3n) is 3.04. The molecule has 1 fully saturated rings. The normalized spacial score (nSPS) is 19.2. The van der Waals surface area contributed by atoms with Crippen LogP contribution in [0.25, 0.3) is 0 Å². The maximum atomic E-state index is 12.3. The molecule has 6 nitrogen and oxygen atoms in total. The van der Waals surface area contributed by atoms with Crippen molar-refractivity contribution >= 4 is 11.9 Å². The van der Waals surface area contributed by atoms with E-state index in [0.29, 0.717) is 18.7 Å². The smallest absolute Gasteiger partial charge is 0.329 e. The summed E-state index contributed by atoms with van der Waals surface area (Å²) in [7, 11) is 0. The van der Waals surface area contributed by atoms with Crippen LogP contribution in [0.2, 0.25) is 0 Å². The lowest BCUT2D eigenvalue weighted by molar-refractivity contribution is -0.159. The molecule has 1 amide bonds. The Morgan fingerprint density at radius 2 is 2.15 bits per heavy atom. The molecule has 0 N–H and O–H groups in total. The average molecular weight is 280 g/mol. The zero-order valence-electron chi connectivity index (χ0n) is 12.3. The van der Waals surface area contributed by atoms with Crippen molar-refractivity contribution in [2.45, 2.75) is 52.2 Å². The molecule has 0 spiro atoms. The van der Waals surface area contributed by atoms with Crippen molar-refractivity contribution < 1.29 is 18.8 Å². The van der Waals surface area contributed by atoms with Crippen molar-refractivity contribution in [3.8, 4) is 0 Å². The fourth-order valence-electron chi connectivity index (χ4n) is 2.24. The Kier molecular flexibility index (Phi) is 3.83. The molecule has 0 saturated carbocycles. The van der Waals surface area contributed by atoms with Gasteiger partial charge in [-0.2, -0.15) is 0 Å². The highest BCUT2D eigenvalue weighted by Crippen LogP contribution is 2.23. The molecule has 1 saturated heterocycles. The molecule has 0 bridgehead atoms. The zero-order valence-corrected chi connectivity index (χ0v) is 12.3. The standard InChI is InChI=1S/C14H20N2O4/c1-9-8-10(15-20-9)12(17)16-7-5-6-11(16)13(18)19-14(2,3)4/h8,11H,5-7H2,1-4H3/t11-/m0/s1. The number of aryl methyl sites for hydroxylation is 1. The quantitative estimate of drug-likeness (QED) is 0.774. The topological polar surface area (TPSA) is 72.6 Å². The van der Waals surface area contributed by atoms with Crippen LogP contribution in [-0.4, -0.2) is 40.1 Å². The Balaban J connectivity index is 2.11. The van der Waals surface area contributed by atoms with E-state index >= 15 is 0 Å². The third kappa shape index (κ3) is 3.18. The number of amides is 1. The van der Waals surface area contributed by atoms with E-state index in [9.17, 15) is 9.59 Å². The number of ether oxygens (including phenoxy) is 1. The molecule has 20 heavy (non-hydrogen) atoms. The van der Waals surface area contributed by atoms with Gasteiger partial charge < -0.3 is 14.2 Å². The van der Waals surface area contributed by atoms with Crippen LogP contribution in [-0.2, 0) is 9.53 Å². The molecule has 1 aliphatic heterocycles. The lowest BCUT2D eigenvalue weighted by Crippen LogP contribution is -2.43. The largest absolute Gasteiger partial charge is 0.458 e. The van der Waals surface area contributed by atoms with E-state index in [1.165, 1.54) is 4.90 Å². The van der Waals surface area contributed by atoms with Gasteiger partial charge in [-0.1, -0.05) is 5.16 Å². The molecule has 0 radical (unpaired) electrons. The Hall–Kier alpha value is -1.85. The van der Waals surface area contributed by atoms with Crippen LogP contribution in [0.3, 0.4) is 0 Å². The molecule has 1 aromatic rings. The maximum Gasteiger partial charge on any atom is 0.329 e. The lowest BCUT2D eigenvalue weighted by Gasteiger charge is -2.26. The summed E-state index contributed by atoms with van der Waals surface area (Å²) in [6.07, 6.45) is 1.41. The van der Waals surface area contributed by atoms with Crippen molar-refractivity contribution in [1.29, 1.82) is 0 Å². The van der Waals surface area contributed by atoms with Gasteiger partial charge in [0.05, 0.1) is 0 Å². The summed E-state index contributed by atoms with van der Waals surface area (Å²) in [5.74, 6) is -0.0693. The van der Waals surface area contributed by atoms with Crippen LogP contribution in [0, 0.1) is 6.92 Å². The van der Waals surface area contributed by atoms with Crippen LogP contribution >= 0.6 is 0 Å². The minimum Gasteiger partial charge on any atom is -0.458 e. The highest BCUT2D eigenvalue weighted by atomic mass is 16.6. The SMILES string of the molecule is Cc1cc(C(=O)N2CCC[C@H]2C(=O)OC(C)(C)C)no1. The van der Waals surface area contributed by atoms with Crippen LogP contribution in [0.4, 0.5) is 0 Å². The first kappa shape index (κ1) is 14.6. The van der Waals surface area contributed by atoms with Gasteiger partial charge in [0.25, 0.3) is 5.91 Å². The van der Waals surface area contributed by atoms with E-state index in [1.807, 2.05) is 20.8 Å². The molecule has 1 aromatic heterocycles. The number of rotatable bonds is 2. The summed E-state index contributed by atoms with van der Waals surface area (Å²) < 4.78 is 10.3. The second-order valence-electron chi connectivity index (χ2n) is 6.01. The molecule has 1 atom stereocenters. The fourth-order valence-corrected chi connectivity index (χ4v) is 2.24.